The number of halogens is 1. The van der Waals surface area contributed by atoms with Gasteiger partial charge in [0, 0.05) is 17.8 Å². The van der Waals surface area contributed by atoms with Crippen molar-refractivity contribution in [1.29, 1.82) is 0 Å². The van der Waals surface area contributed by atoms with Gasteiger partial charge in [0.2, 0.25) is 0 Å². The topological polar surface area (TPSA) is 84.1 Å². The van der Waals surface area contributed by atoms with Gasteiger partial charge in [-0.1, -0.05) is 11.6 Å². The standard InChI is InChI=1S/C11H10ClN3O3/c1-18-8(16)5-15-11(17)7-4-14-10-6(9(7)12)2-3-13-10/h2-4H,5H2,1H3,(H,13,14)(H,15,17). The van der Waals surface area contributed by atoms with Crippen LogP contribution in [0.3, 0.4) is 0 Å². The lowest BCUT2D eigenvalue weighted by molar-refractivity contribution is -0.139. The third-order valence-corrected chi connectivity index (χ3v) is 2.79. The normalized spacial score (nSPS) is 10.3. The number of esters is 1. The van der Waals surface area contributed by atoms with E-state index in [4.69, 9.17) is 11.6 Å². The molecule has 0 radical (unpaired) electrons. The van der Waals surface area contributed by atoms with Gasteiger partial charge in [-0.15, -0.1) is 0 Å². The zero-order chi connectivity index (χ0) is 13.1. The Kier molecular flexibility index (Phi) is 3.47. The number of rotatable bonds is 3. The van der Waals surface area contributed by atoms with Crippen molar-refractivity contribution >= 4 is 34.5 Å². The van der Waals surface area contributed by atoms with E-state index in [2.05, 4.69) is 20.0 Å². The predicted octanol–water partition coefficient (Wildman–Crippen LogP) is 1.12. The van der Waals surface area contributed by atoms with Crippen LogP contribution in [0, 0.1) is 0 Å². The summed E-state index contributed by atoms with van der Waals surface area (Å²) < 4.78 is 4.42. The highest BCUT2D eigenvalue weighted by Gasteiger charge is 2.15. The van der Waals surface area contributed by atoms with Gasteiger partial charge in [-0.2, -0.15) is 0 Å². The molecule has 0 saturated carbocycles. The first kappa shape index (κ1) is 12.4. The van der Waals surface area contributed by atoms with Crippen LogP contribution in [0.15, 0.2) is 18.5 Å². The number of hydrogen-bond acceptors (Lipinski definition) is 4. The monoisotopic (exact) mass is 267 g/mol. The van der Waals surface area contributed by atoms with E-state index in [1.54, 1.807) is 12.3 Å². The highest BCUT2D eigenvalue weighted by Crippen LogP contribution is 2.24. The maximum atomic E-state index is 11.8. The van der Waals surface area contributed by atoms with E-state index >= 15 is 0 Å². The van der Waals surface area contributed by atoms with Crippen molar-refractivity contribution in [2.75, 3.05) is 13.7 Å². The molecule has 0 spiro atoms. The van der Waals surface area contributed by atoms with Crippen molar-refractivity contribution in [1.82, 2.24) is 15.3 Å². The summed E-state index contributed by atoms with van der Waals surface area (Å²) in [6.07, 6.45) is 3.04. The first-order valence-corrected chi connectivity index (χ1v) is 5.48. The first-order valence-electron chi connectivity index (χ1n) is 5.10. The number of nitrogens with zero attached hydrogens (tertiary/aromatic N) is 1. The van der Waals surface area contributed by atoms with Crippen LogP contribution in [0.1, 0.15) is 10.4 Å². The van der Waals surface area contributed by atoms with Gasteiger partial charge in [0.1, 0.15) is 12.2 Å². The minimum absolute atomic E-state index is 0.211. The van der Waals surface area contributed by atoms with Crippen LogP contribution in [-0.4, -0.2) is 35.5 Å². The largest absolute Gasteiger partial charge is 0.468 e. The highest BCUT2D eigenvalue weighted by atomic mass is 35.5. The molecule has 2 N–H and O–H groups in total. The molecule has 2 rings (SSSR count). The SMILES string of the molecule is COC(=O)CNC(=O)c1cnc2[nH]ccc2c1Cl. The molecule has 0 aliphatic rings. The second kappa shape index (κ2) is 5.05. The third-order valence-electron chi connectivity index (χ3n) is 2.39. The molecule has 1 amide bonds. The summed E-state index contributed by atoms with van der Waals surface area (Å²) in [5, 5.41) is 3.35. The molecule has 0 atom stereocenters. The van der Waals surface area contributed by atoms with Crippen molar-refractivity contribution in [3.63, 3.8) is 0 Å². The van der Waals surface area contributed by atoms with Gasteiger partial charge >= 0.3 is 5.97 Å². The number of ether oxygens (including phenoxy) is 1. The number of fused-ring (bicyclic) bond motifs is 1. The Morgan fingerprint density at radius 2 is 2.33 bits per heavy atom. The molecule has 6 nitrogen and oxygen atoms in total. The van der Waals surface area contributed by atoms with Crippen LogP contribution in [0.5, 0.6) is 0 Å². The van der Waals surface area contributed by atoms with E-state index in [9.17, 15) is 9.59 Å². The summed E-state index contributed by atoms with van der Waals surface area (Å²) in [6, 6.07) is 1.72. The van der Waals surface area contributed by atoms with Gasteiger partial charge in [0.25, 0.3) is 5.91 Å². The number of aromatic amines is 1. The third kappa shape index (κ3) is 2.28. The van der Waals surface area contributed by atoms with Gasteiger partial charge in [-0.05, 0) is 6.07 Å². The first-order chi connectivity index (χ1) is 8.63. The molecule has 7 heteroatoms. The second-order valence-electron chi connectivity index (χ2n) is 3.48. The van der Waals surface area contributed by atoms with Gasteiger partial charge in [-0.25, -0.2) is 4.98 Å². The number of amides is 1. The summed E-state index contributed by atoms with van der Waals surface area (Å²) in [5.74, 6) is -1.00. The number of carbonyl (C=O) groups excluding carboxylic acids is 2. The van der Waals surface area contributed by atoms with Crippen molar-refractivity contribution in [2.24, 2.45) is 0 Å². The molecule has 2 aromatic heterocycles. The number of pyridine rings is 1. The quantitative estimate of drug-likeness (QED) is 0.816. The molecule has 0 aromatic carbocycles. The molecule has 0 aliphatic heterocycles. The fraction of sp³-hybridized carbons (Fsp3) is 0.182. The van der Waals surface area contributed by atoms with E-state index < -0.39 is 11.9 Å². The zero-order valence-electron chi connectivity index (χ0n) is 9.49. The van der Waals surface area contributed by atoms with Crippen LogP contribution in [0.25, 0.3) is 11.0 Å². The summed E-state index contributed by atoms with van der Waals surface area (Å²) in [7, 11) is 1.24. The van der Waals surface area contributed by atoms with E-state index in [1.807, 2.05) is 0 Å². The summed E-state index contributed by atoms with van der Waals surface area (Å²) in [4.78, 5) is 29.6. The number of methoxy groups -OCH3 is 1. The number of H-pyrrole nitrogens is 1. The fourth-order valence-corrected chi connectivity index (χ4v) is 1.74. The molecule has 0 fully saturated rings. The molecular formula is C11H10ClN3O3. The summed E-state index contributed by atoms with van der Waals surface area (Å²) >= 11 is 6.09. The lowest BCUT2D eigenvalue weighted by Gasteiger charge is -2.05. The Morgan fingerprint density at radius 1 is 1.56 bits per heavy atom. The van der Waals surface area contributed by atoms with Gasteiger partial charge in [0.05, 0.1) is 17.7 Å². The van der Waals surface area contributed by atoms with Gasteiger partial charge in [0.15, 0.2) is 0 Å². The van der Waals surface area contributed by atoms with Crippen molar-refractivity contribution in [3.8, 4) is 0 Å². The van der Waals surface area contributed by atoms with Crippen molar-refractivity contribution in [2.45, 2.75) is 0 Å². The second-order valence-corrected chi connectivity index (χ2v) is 3.86. The van der Waals surface area contributed by atoms with Crippen LogP contribution in [0.4, 0.5) is 0 Å². The minimum atomic E-state index is -0.532. The predicted molar refractivity (Wildman–Crippen MR) is 65.5 cm³/mol. The number of nitrogens with one attached hydrogen (secondary N) is 2. The van der Waals surface area contributed by atoms with Crippen LogP contribution >= 0.6 is 11.6 Å². The van der Waals surface area contributed by atoms with Gasteiger partial charge in [-0.3, -0.25) is 9.59 Å². The minimum Gasteiger partial charge on any atom is -0.468 e. The zero-order valence-corrected chi connectivity index (χ0v) is 10.2. The van der Waals surface area contributed by atoms with Crippen LogP contribution in [-0.2, 0) is 9.53 Å². The lowest BCUT2D eigenvalue weighted by Crippen LogP contribution is -2.30. The Morgan fingerprint density at radius 3 is 3.06 bits per heavy atom. The number of carbonyl (C=O) groups is 2. The van der Waals surface area contributed by atoms with E-state index in [-0.39, 0.29) is 12.1 Å². The average Bonchev–Trinajstić information content (AvgIpc) is 2.85. The van der Waals surface area contributed by atoms with Crippen LogP contribution < -0.4 is 5.32 Å². The van der Waals surface area contributed by atoms with Crippen LogP contribution in [0.2, 0.25) is 5.02 Å². The Bertz CT molecular complexity index is 609. The molecular weight excluding hydrogens is 258 g/mol. The Labute approximate surface area is 107 Å². The van der Waals surface area contributed by atoms with Crippen molar-refractivity contribution < 1.29 is 14.3 Å². The Balaban J connectivity index is 2.22. The molecule has 2 heterocycles. The number of aromatic nitrogens is 2. The molecule has 0 bridgehead atoms. The summed E-state index contributed by atoms with van der Waals surface area (Å²) in [5.41, 5.74) is 0.817. The lowest BCUT2D eigenvalue weighted by atomic mass is 10.2. The average molecular weight is 268 g/mol. The maximum Gasteiger partial charge on any atom is 0.325 e. The smallest absolute Gasteiger partial charge is 0.325 e. The van der Waals surface area contributed by atoms with E-state index in [1.165, 1.54) is 13.3 Å². The molecule has 0 saturated heterocycles. The van der Waals surface area contributed by atoms with E-state index in [0.29, 0.717) is 16.1 Å². The molecule has 0 unspecified atom stereocenters. The molecule has 18 heavy (non-hydrogen) atoms. The molecule has 0 aliphatic carbocycles. The highest BCUT2D eigenvalue weighted by molar-refractivity contribution is 6.38. The molecule has 2 aromatic rings. The maximum absolute atomic E-state index is 11.8. The van der Waals surface area contributed by atoms with Gasteiger partial charge < -0.3 is 15.0 Å². The fourth-order valence-electron chi connectivity index (χ4n) is 1.45. The Hall–Kier alpha value is -2.08. The molecule has 94 valence electrons. The van der Waals surface area contributed by atoms with Crippen molar-refractivity contribution in [3.05, 3.63) is 29.0 Å². The number of hydrogen-bond donors (Lipinski definition) is 2. The van der Waals surface area contributed by atoms with E-state index in [0.717, 1.165) is 0 Å². The summed E-state index contributed by atoms with van der Waals surface area (Å²) in [6.45, 7) is -0.211.